The Morgan fingerprint density at radius 1 is 1.46 bits per heavy atom. The predicted molar refractivity (Wildman–Crippen MR) is 95.7 cm³/mol. The van der Waals surface area contributed by atoms with E-state index in [0.717, 1.165) is 10.0 Å². The van der Waals surface area contributed by atoms with Gasteiger partial charge in [-0.1, -0.05) is 6.07 Å². The van der Waals surface area contributed by atoms with E-state index in [4.69, 9.17) is 4.74 Å². The first-order valence-electron chi connectivity index (χ1n) is 6.82. The van der Waals surface area contributed by atoms with Crippen molar-refractivity contribution in [2.75, 3.05) is 6.61 Å². The summed E-state index contributed by atoms with van der Waals surface area (Å²) < 4.78 is 6.18. The monoisotopic (exact) mass is 411 g/mol. The molecule has 0 aliphatic heterocycles. The van der Waals surface area contributed by atoms with Crippen LogP contribution in [0.3, 0.4) is 0 Å². The standard InChI is InChI=1S/C15H14BrN3O4S/c1-9-3-4-13(12(16)5-9)23-7-15(20)18-17-10(2)14-6-11(8-24-14)19(21)22/h3-6,8H,7H2,1-2H3,(H,18,20)/b17-10-. The van der Waals surface area contributed by atoms with Gasteiger partial charge in [0.25, 0.3) is 11.6 Å². The van der Waals surface area contributed by atoms with Crippen LogP contribution in [0.4, 0.5) is 5.69 Å². The summed E-state index contributed by atoms with van der Waals surface area (Å²) in [6.07, 6.45) is 0. The minimum absolute atomic E-state index is 0.00318. The van der Waals surface area contributed by atoms with Crippen LogP contribution in [-0.4, -0.2) is 23.1 Å². The third-order valence-corrected chi connectivity index (χ3v) is 4.59. The zero-order valence-electron chi connectivity index (χ0n) is 12.9. The minimum atomic E-state index is -0.473. The van der Waals surface area contributed by atoms with Crippen LogP contribution in [0, 0.1) is 17.0 Å². The van der Waals surface area contributed by atoms with Gasteiger partial charge in [0, 0.05) is 6.07 Å². The summed E-state index contributed by atoms with van der Waals surface area (Å²) in [6, 6.07) is 6.95. The normalized spacial score (nSPS) is 11.2. The molecule has 2 rings (SSSR count). The van der Waals surface area contributed by atoms with E-state index in [1.54, 1.807) is 13.0 Å². The van der Waals surface area contributed by atoms with Crippen molar-refractivity contribution in [1.29, 1.82) is 0 Å². The number of carbonyl (C=O) groups is 1. The fraction of sp³-hybridized carbons (Fsp3) is 0.200. The molecule has 1 amide bonds. The highest BCUT2D eigenvalue weighted by molar-refractivity contribution is 9.10. The van der Waals surface area contributed by atoms with Gasteiger partial charge in [0.15, 0.2) is 6.61 Å². The summed E-state index contributed by atoms with van der Waals surface area (Å²) in [5.41, 5.74) is 3.93. The quantitative estimate of drug-likeness (QED) is 0.445. The van der Waals surface area contributed by atoms with Gasteiger partial charge in [0.1, 0.15) is 5.75 Å². The number of aryl methyl sites for hydroxylation is 1. The second kappa shape index (κ2) is 8.02. The number of nitrogens with zero attached hydrogens (tertiary/aromatic N) is 2. The first kappa shape index (κ1) is 18.1. The van der Waals surface area contributed by atoms with Gasteiger partial charge >= 0.3 is 0 Å². The van der Waals surface area contributed by atoms with Gasteiger partial charge in [0.05, 0.1) is 25.4 Å². The number of halogens is 1. The fourth-order valence-electron chi connectivity index (χ4n) is 1.71. The maximum atomic E-state index is 11.8. The SMILES string of the molecule is C/C(=N/NC(=O)COc1ccc(C)cc1Br)c1cc([N+](=O)[O-])cs1. The molecule has 0 saturated carbocycles. The Labute approximate surface area is 150 Å². The molecule has 126 valence electrons. The zero-order valence-corrected chi connectivity index (χ0v) is 15.3. The van der Waals surface area contributed by atoms with Crippen LogP contribution in [0.15, 0.2) is 39.2 Å². The number of hydrazone groups is 1. The molecule has 0 aliphatic carbocycles. The molecule has 24 heavy (non-hydrogen) atoms. The molecule has 7 nitrogen and oxygen atoms in total. The van der Waals surface area contributed by atoms with Crippen LogP contribution < -0.4 is 10.2 Å². The summed E-state index contributed by atoms with van der Waals surface area (Å²) in [7, 11) is 0. The molecule has 1 aromatic carbocycles. The molecule has 0 saturated heterocycles. The molecule has 0 unspecified atom stereocenters. The number of hydrogen-bond acceptors (Lipinski definition) is 6. The average Bonchev–Trinajstić information content (AvgIpc) is 3.02. The molecule has 0 aliphatic rings. The van der Waals surface area contributed by atoms with Gasteiger partial charge in [-0.2, -0.15) is 5.10 Å². The van der Waals surface area contributed by atoms with Gasteiger partial charge in [-0.05, 0) is 47.5 Å². The van der Waals surface area contributed by atoms with E-state index in [2.05, 4.69) is 26.5 Å². The Hall–Kier alpha value is -2.26. The Kier molecular flexibility index (Phi) is 6.04. The maximum absolute atomic E-state index is 11.8. The van der Waals surface area contributed by atoms with Crippen LogP contribution in [0.1, 0.15) is 17.4 Å². The first-order chi connectivity index (χ1) is 11.4. The lowest BCUT2D eigenvalue weighted by atomic mass is 10.2. The Morgan fingerprint density at radius 3 is 2.83 bits per heavy atom. The summed E-state index contributed by atoms with van der Waals surface area (Å²) in [5, 5.41) is 16.0. The molecule has 0 fully saturated rings. The summed E-state index contributed by atoms with van der Waals surface area (Å²) in [5.74, 6) is 0.137. The number of rotatable bonds is 6. The second-order valence-corrected chi connectivity index (χ2v) is 6.65. The largest absolute Gasteiger partial charge is 0.483 e. The molecule has 1 N–H and O–H groups in total. The van der Waals surface area contributed by atoms with Crippen molar-refractivity contribution in [3.63, 3.8) is 0 Å². The molecule has 1 heterocycles. The number of thiophene rings is 1. The van der Waals surface area contributed by atoms with Gasteiger partial charge in [-0.25, -0.2) is 5.43 Å². The molecule has 0 bridgehead atoms. The van der Waals surface area contributed by atoms with Crippen molar-refractivity contribution in [2.45, 2.75) is 13.8 Å². The lowest BCUT2D eigenvalue weighted by molar-refractivity contribution is -0.384. The van der Waals surface area contributed by atoms with E-state index in [0.29, 0.717) is 16.3 Å². The maximum Gasteiger partial charge on any atom is 0.280 e. The minimum Gasteiger partial charge on any atom is -0.483 e. The Bertz CT molecular complexity index is 804. The van der Waals surface area contributed by atoms with E-state index in [1.807, 2.05) is 19.1 Å². The van der Waals surface area contributed by atoms with Crippen LogP contribution in [0.2, 0.25) is 0 Å². The summed E-state index contributed by atoms with van der Waals surface area (Å²) in [6.45, 7) is 3.42. The Balaban J connectivity index is 1.90. The Morgan fingerprint density at radius 2 is 2.21 bits per heavy atom. The fourth-order valence-corrected chi connectivity index (χ4v) is 3.13. The molecule has 0 spiro atoms. The van der Waals surface area contributed by atoms with E-state index in [1.165, 1.54) is 22.8 Å². The molecule has 9 heteroatoms. The van der Waals surface area contributed by atoms with E-state index < -0.39 is 10.8 Å². The van der Waals surface area contributed by atoms with Crippen LogP contribution >= 0.6 is 27.3 Å². The van der Waals surface area contributed by atoms with Crippen molar-refractivity contribution in [3.8, 4) is 5.75 Å². The van der Waals surface area contributed by atoms with Gasteiger partial charge < -0.3 is 4.74 Å². The van der Waals surface area contributed by atoms with E-state index in [-0.39, 0.29) is 12.3 Å². The topological polar surface area (TPSA) is 93.8 Å². The van der Waals surface area contributed by atoms with Gasteiger partial charge in [0.2, 0.25) is 0 Å². The number of nitrogens with one attached hydrogen (secondary N) is 1. The second-order valence-electron chi connectivity index (χ2n) is 4.88. The van der Waals surface area contributed by atoms with E-state index >= 15 is 0 Å². The highest BCUT2D eigenvalue weighted by atomic mass is 79.9. The molecule has 0 atom stereocenters. The molecular weight excluding hydrogens is 398 g/mol. The number of hydrogen-bond donors (Lipinski definition) is 1. The third-order valence-electron chi connectivity index (χ3n) is 2.95. The van der Waals surface area contributed by atoms with Crippen molar-refractivity contribution in [1.82, 2.24) is 5.43 Å². The number of carbonyl (C=O) groups excluding carboxylic acids is 1. The van der Waals surface area contributed by atoms with Crippen LogP contribution in [-0.2, 0) is 4.79 Å². The number of ether oxygens (including phenoxy) is 1. The highest BCUT2D eigenvalue weighted by Gasteiger charge is 2.11. The molecule has 2 aromatic rings. The zero-order chi connectivity index (χ0) is 17.7. The number of benzene rings is 1. The lowest BCUT2D eigenvalue weighted by Gasteiger charge is -2.08. The molecule has 0 radical (unpaired) electrons. The molecule has 1 aromatic heterocycles. The van der Waals surface area contributed by atoms with Gasteiger partial charge in [-0.15, -0.1) is 11.3 Å². The lowest BCUT2D eigenvalue weighted by Crippen LogP contribution is -2.25. The predicted octanol–water partition coefficient (Wildman–Crippen LogP) is 3.65. The van der Waals surface area contributed by atoms with Crippen molar-refractivity contribution >= 4 is 44.6 Å². The summed E-state index contributed by atoms with van der Waals surface area (Å²) >= 11 is 4.56. The number of amides is 1. The third kappa shape index (κ3) is 4.87. The summed E-state index contributed by atoms with van der Waals surface area (Å²) in [4.78, 5) is 22.6. The van der Waals surface area contributed by atoms with Gasteiger partial charge in [-0.3, -0.25) is 14.9 Å². The number of nitro groups is 1. The van der Waals surface area contributed by atoms with E-state index in [9.17, 15) is 14.9 Å². The first-order valence-corrected chi connectivity index (χ1v) is 8.49. The van der Waals surface area contributed by atoms with Crippen molar-refractivity contribution in [2.24, 2.45) is 5.10 Å². The van der Waals surface area contributed by atoms with Crippen molar-refractivity contribution < 1.29 is 14.5 Å². The van der Waals surface area contributed by atoms with Crippen LogP contribution in [0.25, 0.3) is 0 Å². The van der Waals surface area contributed by atoms with Crippen molar-refractivity contribution in [3.05, 3.63) is 54.7 Å². The highest BCUT2D eigenvalue weighted by Crippen LogP contribution is 2.25. The average molecular weight is 412 g/mol. The van der Waals surface area contributed by atoms with Crippen LogP contribution in [0.5, 0.6) is 5.75 Å². The smallest absolute Gasteiger partial charge is 0.280 e. The molecular formula is C15H14BrN3O4S.